The SMILES string of the molecule is O=CC(CO)OC(=O)[C@H](O)[C@@H](O)[C@H](O)[C@H](O)CO. The van der Waals surface area contributed by atoms with Crippen LogP contribution in [0.4, 0.5) is 0 Å². The number of esters is 1. The lowest BCUT2D eigenvalue weighted by Gasteiger charge is -2.24. The summed E-state index contributed by atoms with van der Waals surface area (Å²) in [6.45, 7) is -1.70. The van der Waals surface area contributed by atoms with E-state index < -0.39 is 49.7 Å². The second-order valence-electron chi connectivity index (χ2n) is 3.47. The molecule has 0 heterocycles. The average Bonchev–Trinajstić information content (AvgIpc) is 2.40. The molecule has 0 radical (unpaired) electrons. The zero-order valence-corrected chi connectivity index (χ0v) is 9.29. The molecule has 0 rings (SSSR count). The number of carbonyl (C=O) groups excluding carboxylic acids is 2. The van der Waals surface area contributed by atoms with Crippen LogP contribution in [0.5, 0.6) is 0 Å². The van der Waals surface area contributed by atoms with Crippen LogP contribution in [-0.2, 0) is 14.3 Å². The maximum Gasteiger partial charge on any atom is 0.338 e. The fourth-order valence-corrected chi connectivity index (χ4v) is 0.989. The Balaban J connectivity index is 4.48. The molecule has 0 aliphatic rings. The van der Waals surface area contributed by atoms with Crippen LogP contribution in [0.25, 0.3) is 0 Å². The third-order valence-corrected chi connectivity index (χ3v) is 2.10. The maximum absolute atomic E-state index is 11.2. The first-order chi connectivity index (χ1) is 8.38. The summed E-state index contributed by atoms with van der Waals surface area (Å²) in [7, 11) is 0. The molecular weight excluding hydrogens is 252 g/mol. The van der Waals surface area contributed by atoms with Crippen molar-refractivity contribution in [2.45, 2.75) is 30.5 Å². The van der Waals surface area contributed by atoms with Gasteiger partial charge in [0.25, 0.3) is 0 Å². The number of hydrogen-bond acceptors (Lipinski definition) is 9. The molecule has 0 fully saturated rings. The van der Waals surface area contributed by atoms with Crippen molar-refractivity contribution in [3.05, 3.63) is 0 Å². The lowest BCUT2D eigenvalue weighted by atomic mass is 10.0. The molecule has 0 spiro atoms. The largest absolute Gasteiger partial charge is 0.450 e. The molecule has 9 heteroatoms. The van der Waals surface area contributed by atoms with Gasteiger partial charge in [-0.3, -0.25) is 4.79 Å². The Morgan fingerprint density at radius 2 is 1.61 bits per heavy atom. The maximum atomic E-state index is 11.2. The monoisotopic (exact) mass is 268 g/mol. The number of aliphatic hydroxyl groups excluding tert-OH is 6. The van der Waals surface area contributed by atoms with Gasteiger partial charge >= 0.3 is 5.97 Å². The number of carbonyl (C=O) groups is 2. The van der Waals surface area contributed by atoms with Gasteiger partial charge in [-0.25, -0.2) is 4.79 Å². The summed E-state index contributed by atoms with van der Waals surface area (Å²) in [5.74, 6) is -1.46. The molecule has 6 N–H and O–H groups in total. The summed E-state index contributed by atoms with van der Waals surface area (Å²) < 4.78 is 4.27. The van der Waals surface area contributed by atoms with E-state index in [0.29, 0.717) is 0 Å². The van der Waals surface area contributed by atoms with E-state index in [1.807, 2.05) is 0 Å². The summed E-state index contributed by atoms with van der Waals surface area (Å²) in [4.78, 5) is 21.4. The molecule has 0 aliphatic heterocycles. The Labute approximate surface area is 102 Å². The first kappa shape index (κ1) is 16.9. The van der Waals surface area contributed by atoms with Crippen LogP contribution in [0.15, 0.2) is 0 Å². The van der Waals surface area contributed by atoms with E-state index in [-0.39, 0.29) is 6.29 Å². The van der Waals surface area contributed by atoms with Gasteiger partial charge in [-0.15, -0.1) is 0 Å². The Bertz CT molecular complexity index is 269. The Hall–Kier alpha value is -1.10. The molecule has 1 unspecified atom stereocenters. The molecule has 0 aromatic rings. The summed E-state index contributed by atoms with van der Waals surface area (Å²) in [5, 5.41) is 53.8. The van der Waals surface area contributed by atoms with Crippen LogP contribution in [0.1, 0.15) is 0 Å². The van der Waals surface area contributed by atoms with Crippen molar-refractivity contribution in [1.82, 2.24) is 0 Å². The van der Waals surface area contributed by atoms with Gasteiger partial charge < -0.3 is 35.4 Å². The van der Waals surface area contributed by atoms with E-state index in [1.165, 1.54) is 0 Å². The zero-order valence-electron chi connectivity index (χ0n) is 9.29. The summed E-state index contributed by atoms with van der Waals surface area (Å²) >= 11 is 0. The van der Waals surface area contributed by atoms with Gasteiger partial charge in [0.05, 0.1) is 13.2 Å². The third-order valence-electron chi connectivity index (χ3n) is 2.10. The molecule has 0 aromatic heterocycles. The normalized spacial score (nSPS) is 19.4. The van der Waals surface area contributed by atoms with Crippen molar-refractivity contribution in [3.8, 4) is 0 Å². The molecule has 0 bridgehead atoms. The molecule has 18 heavy (non-hydrogen) atoms. The van der Waals surface area contributed by atoms with Gasteiger partial charge in [0.2, 0.25) is 0 Å². The van der Waals surface area contributed by atoms with E-state index in [2.05, 4.69) is 4.74 Å². The van der Waals surface area contributed by atoms with E-state index in [1.54, 1.807) is 0 Å². The zero-order chi connectivity index (χ0) is 14.3. The van der Waals surface area contributed by atoms with Crippen molar-refractivity contribution in [2.24, 2.45) is 0 Å². The average molecular weight is 268 g/mol. The summed E-state index contributed by atoms with van der Waals surface area (Å²) in [6, 6.07) is 0. The van der Waals surface area contributed by atoms with Gasteiger partial charge in [-0.2, -0.15) is 0 Å². The van der Waals surface area contributed by atoms with Crippen LogP contribution in [0.3, 0.4) is 0 Å². The van der Waals surface area contributed by atoms with Crippen molar-refractivity contribution < 1.29 is 45.0 Å². The van der Waals surface area contributed by atoms with Crippen molar-refractivity contribution >= 4 is 12.3 Å². The smallest absolute Gasteiger partial charge is 0.338 e. The number of ether oxygens (including phenoxy) is 1. The first-order valence-corrected chi connectivity index (χ1v) is 4.98. The molecule has 0 saturated carbocycles. The van der Waals surface area contributed by atoms with E-state index in [9.17, 15) is 24.9 Å². The highest BCUT2D eigenvalue weighted by Gasteiger charge is 2.35. The van der Waals surface area contributed by atoms with Crippen LogP contribution < -0.4 is 0 Å². The molecule has 0 aromatic carbocycles. The lowest BCUT2D eigenvalue weighted by molar-refractivity contribution is -0.177. The Morgan fingerprint density at radius 3 is 2.00 bits per heavy atom. The fourth-order valence-electron chi connectivity index (χ4n) is 0.989. The highest BCUT2D eigenvalue weighted by atomic mass is 16.6. The van der Waals surface area contributed by atoms with Crippen LogP contribution >= 0.6 is 0 Å². The van der Waals surface area contributed by atoms with Crippen LogP contribution in [0.2, 0.25) is 0 Å². The summed E-state index contributed by atoms with van der Waals surface area (Å²) in [5.41, 5.74) is 0. The van der Waals surface area contributed by atoms with E-state index in [0.717, 1.165) is 0 Å². The molecule has 9 nitrogen and oxygen atoms in total. The van der Waals surface area contributed by atoms with Crippen molar-refractivity contribution in [3.63, 3.8) is 0 Å². The van der Waals surface area contributed by atoms with Gasteiger partial charge in [0.15, 0.2) is 18.5 Å². The van der Waals surface area contributed by atoms with Crippen molar-refractivity contribution in [2.75, 3.05) is 13.2 Å². The van der Waals surface area contributed by atoms with E-state index >= 15 is 0 Å². The van der Waals surface area contributed by atoms with Crippen LogP contribution in [0, 0.1) is 0 Å². The number of rotatable bonds is 8. The number of hydrogen-bond donors (Lipinski definition) is 6. The highest BCUT2D eigenvalue weighted by Crippen LogP contribution is 2.07. The quantitative estimate of drug-likeness (QED) is 0.188. The number of aldehydes is 1. The molecule has 0 aliphatic carbocycles. The molecular formula is C9H16O9. The summed E-state index contributed by atoms with van der Waals surface area (Å²) in [6.07, 6.45) is -9.50. The minimum absolute atomic E-state index is 0.107. The minimum Gasteiger partial charge on any atom is -0.450 e. The fraction of sp³-hybridized carbons (Fsp3) is 0.778. The van der Waals surface area contributed by atoms with Crippen molar-refractivity contribution in [1.29, 1.82) is 0 Å². The standard InChI is InChI=1S/C9H16O9/c10-1-4(2-11)18-9(17)8(16)7(15)6(14)5(13)3-12/h1,4-8,11-16H,2-3H2/t4?,5-,6-,7+,8-/m1/s1. The highest BCUT2D eigenvalue weighted by molar-refractivity contribution is 5.77. The predicted octanol–water partition coefficient (Wildman–Crippen LogP) is -4.47. The number of aliphatic hydroxyl groups is 6. The lowest BCUT2D eigenvalue weighted by Crippen LogP contribution is -2.49. The predicted molar refractivity (Wildman–Crippen MR) is 54.1 cm³/mol. The Kier molecular flexibility index (Phi) is 7.59. The minimum atomic E-state index is -2.24. The van der Waals surface area contributed by atoms with E-state index in [4.69, 9.17) is 15.3 Å². The van der Waals surface area contributed by atoms with Gasteiger partial charge in [-0.1, -0.05) is 0 Å². The van der Waals surface area contributed by atoms with Gasteiger partial charge in [0, 0.05) is 0 Å². The Morgan fingerprint density at radius 1 is 1.06 bits per heavy atom. The third kappa shape index (κ3) is 4.64. The topological polar surface area (TPSA) is 165 Å². The first-order valence-electron chi connectivity index (χ1n) is 4.98. The van der Waals surface area contributed by atoms with Crippen LogP contribution in [-0.4, -0.2) is 86.6 Å². The van der Waals surface area contributed by atoms with Gasteiger partial charge in [0.1, 0.15) is 18.3 Å². The molecule has 0 saturated heterocycles. The second kappa shape index (κ2) is 8.08. The second-order valence-corrected chi connectivity index (χ2v) is 3.47. The molecule has 106 valence electrons. The van der Waals surface area contributed by atoms with Gasteiger partial charge in [-0.05, 0) is 0 Å². The molecule has 0 amide bonds. The molecule has 5 atom stereocenters.